The highest BCUT2D eigenvalue weighted by atomic mass is 79.9. The molecular formula is C19H16BrN3O2. The molecule has 1 aliphatic heterocycles. The minimum absolute atomic E-state index is 0.0365. The third-order valence-corrected chi connectivity index (χ3v) is 5.07. The highest BCUT2D eigenvalue weighted by molar-refractivity contribution is 9.10. The lowest BCUT2D eigenvalue weighted by molar-refractivity contribution is 0.0791. The molecule has 1 atom stereocenters. The van der Waals surface area contributed by atoms with Gasteiger partial charge in [-0.05, 0) is 42.3 Å². The van der Waals surface area contributed by atoms with Gasteiger partial charge in [0.15, 0.2) is 5.76 Å². The fourth-order valence-electron chi connectivity index (χ4n) is 3.21. The van der Waals surface area contributed by atoms with Gasteiger partial charge in [0.05, 0.1) is 6.20 Å². The Morgan fingerprint density at radius 1 is 1.20 bits per heavy atom. The fourth-order valence-corrected chi connectivity index (χ4v) is 3.47. The largest absolute Gasteiger partial charge is 0.355 e. The van der Waals surface area contributed by atoms with Crippen LogP contribution in [0.3, 0.4) is 0 Å². The van der Waals surface area contributed by atoms with E-state index < -0.39 is 0 Å². The second kappa shape index (κ2) is 6.80. The molecule has 0 N–H and O–H groups in total. The molecule has 1 fully saturated rings. The predicted octanol–water partition coefficient (Wildman–Crippen LogP) is 4.13. The van der Waals surface area contributed by atoms with Crippen LogP contribution in [0.1, 0.15) is 28.3 Å². The zero-order valence-corrected chi connectivity index (χ0v) is 15.0. The van der Waals surface area contributed by atoms with Crippen molar-refractivity contribution in [2.75, 3.05) is 13.1 Å². The summed E-state index contributed by atoms with van der Waals surface area (Å²) < 4.78 is 6.33. The molecule has 1 amide bonds. The highest BCUT2D eigenvalue weighted by Gasteiger charge is 2.30. The topological polar surface area (TPSA) is 59.2 Å². The Hall–Kier alpha value is -2.47. The summed E-state index contributed by atoms with van der Waals surface area (Å²) in [6.07, 6.45) is 6.10. The number of carbonyl (C=O) groups is 1. The van der Waals surface area contributed by atoms with E-state index in [0.717, 1.165) is 23.0 Å². The Morgan fingerprint density at radius 2 is 2.04 bits per heavy atom. The van der Waals surface area contributed by atoms with E-state index in [4.69, 9.17) is 4.52 Å². The molecule has 0 spiro atoms. The first-order chi connectivity index (χ1) is 12.2. The lowest BCUT2D eigenvalue weighted by Crippen LogP contribution is -2.28. The summed E-state index contributed by atoms with van der Waals surface area (Å²) in [7, 11) is 0. The number of halogens is 1. The van der Waals surface area contributed by atoms with E-state index in [-0.39, 0.29) is 5.91 Å². The monoisotopic (exact) mass is 397 g/mol. The highest BCUT2D eigenvalue weighted by Crippen LogP contribution is 2.30. The van der Waals surface area contributed by atoms with Crippen LogP contribution in [0.25, 0.3) is 11.3 Å². The minimum Gasteiger partial charge on any atom is -0.355 e. The molecule has 0 saturated carbocycles. The van der Waals surface area contributed by atoms with Gasteiger partial charge < -0.3 is 9.42 Å². The number of benzene rings is 1. The van der Waals surface area contributed by atoms with Crippen LogP contribution in [0.5, 0.6) is 0 Å². The van der Waals surface area contributed by atoms with Crippen LogP contribution in [-0.4, -0.2) is 34.0 Å². The Kier molecular flexibility index (Phi) is 4.36. The molecule has 1 aromatic carbocycles. The molecule has 5 nitrogen and oxygen atoms in total. The van der Waals surface area contributed by atoms with E-state index >= 15 is 0 Å². The Morgan fingerprint density at radius 3 is 2.80 bits per heavy atom. The van der Waals surface area contributed by atoms with Crippen LogP contribution < -0.4 is 0 Å². The van der Waals surface area contributed by atoms with Crippen molar-refractivity contribution in [3.8, 4) is 11.3 Å². The zero-order chi connectivity index (χ0) is 17.2. The number of likely N-dealkylation sites (tertiary alicyclic amines) is 1. The molecule has 1 saturated heterocycles. The van der Waals surface area contributed by atoms with Crippen LogP contribution in [0.4, 0.5) is 0 Å². The summed E-state index contributed by atoms with van der Waals surface area (Å²) >= 11 is 3.41. The second-order valence-electron chi connectivity index (χ2n) is 6.10. The number of pyridine rings is 1. The second-order valence-corrected chi connectivity index (χ2v) is 7.01. The number of nitrogens with zero attached hydrogens (tertiary/aromatic N) is 3. The lowest BCUT2D eigenvalue weighted by atomic mass is 10.0. The summed E-state index contributed by atoms with van der Waals surface area (Å²) in [5, 5.41) is 3.85. The molecule has 2 aromatic heterocycles. The molecule has 0 radical (unpaired) electrons. The van der Waals surface area contributed by atoms with Gasteiger partial charge >= 0.3 is 0 Å². The van der Waals surface area contributed by atoms with Crippen molar-refractivity contribution in [2.24, 2.45) is 0 Å². The quantitative estimate of drug-likeness (QED) is 0.666. The van der Waals surface area contributed by atoms with Crippen LogP contribution >= 0.6 is 15.9 Å². The maximum absolute atomic E-state index is 12.9. The van der Waals surface area contributed by atoms with E-state index in [0.29, 0.717) is 23.8 Å². The minimum atomic E-state index is -0.0365. The Bertz CT molecular complexity index is 877. The van der Waals surface area contributed by atoms with Crippen molar-refractivity contribution < 1.29 is 9.32 Å². The number of hydrogen-bond acceptors (Lipinski definition) is 4. The summed E-state index contributed by atoms with van der Waals surface area (Å²) in [5.74, 6) is 0.807. The Labute approximate surface area is 153 Å². The number of aromatic nitrogens is 2. The van der Waals surface area contributed by atoms with Gasteiger partial charge in [0, 0.05) is 41.4 Å². The molecule has 25 heavy (non-hydrogen) atoms. The third-order valence-electron chi connectivity index (χ3n) is 4.54. The standard InChI is InChI=1S/C19H16BrN3O2/c20-16-5-3-13(4-6-16)18-17(11-22-25-18)19(24)23-9-7-15(12-23)14-2-1-8-21-10-14/h1-6,8,10-11,15H,7,9,12H2/t15-/m1/s1. The van der Waals surface area contributed by atoms with Crippen molar-refractivity contribution in [3.63, 3.8) is 0 Å². The first-order valence-corrected chi connectivity index (χ1v) is 8.91. The van der Waals surface area contributed by atoms with Gasteiger partial charge in [0.2, 0.25) is 0 Å². The van der Waals surface area contributed by atoms with Crippen molar-refractivity contribution in [3.05, 3.63) is 70.6 Å². The first kappa shape index (κ1) is 16.0. The number of rotatable bonds is 3. The molecule has 6 heteroatoms. The molecule has 3 aromatic rings. The first-order valence-electron chi connectivity index (χ1n) is 8.12. The normalized spacial score (nSPS) is 17.0. The van der Waals surface area contributed by atoms with Gasteiger partial charge in [0.1, 0.15) is 5.56 Å². The van der Waals surface area contributed by atoms with Crippen LogP contribution in [0.15, 0.2) is 64.0 Å². The SMILES string of the molecule is O=C(c1cnoc1-c1ccc(Br)cc1)N1CC[C@@H](c2cccnc2)C1. The van der Waals surface area contributed by atoms with Gasteiger partial charge in [-0.1, -0.05) is 27.2 Å². The van der Waals surface area contributed by atoms with E-state index in [2.05, 4.69) is 32.1 Å². The van der Waals surface area contributed by atoms with Crippen LogP contribution in [0, 0.1) is 0 Å². The summed E-state index contributed by atoms with van der Waals surface area (Å²) in [5.41, 5.74) is 2.53. The van der Waals surface area contributed by atoms with E-state index in [1.54, 1.807) is 6.20 Å². The van der Waals surface area contributed by atoms with Crippen molar-refractivity contribution in [1.82, 2.24) is 15.0 Å². The molecule has 126 valence electrons. The maximum atomic E-state index is 12.9. The molecule has 4 rings (SSSR count). The molecule has 0 unspecified atom stereocenters. The average molecular weight is 398 g/mol. The predicted molar refractivity (Wildman–Crippen MR) is 97.1 cm³/mol. The van der Waals surface area contributed by atoms with E-state index in [9.17, 15) is 4.79 Å². The third kappa shape index (κ3) is 3.22. The summed E-state index contributed by atoms with van der Waals surface area (Å²) in [6, 6.07) is 11.7. The fraction of sp³-hybridized carbons (Fsp3) is 0.211. The van der Waals surface area contributed by atoms with Crippen molar-refractivity contribution in [1.29, 1.82) is 0 Å². The molecule has 1 aliphatic rings. The van der Waals surface area contributed by atoms with Crippen molar-refractivity contribution in [2.45, 2.75) is 12.3 Å². The van der Waals surface area contributed by atoms with Crippen LogP contribution in [-0.2, 0) is 0 Å². The smallest absolute Gasteiger partial charge is 0.259 e. The van der Waals surface area contributed by atoms with E-state index in [1.807, 2.05) is 41.4 Å². The zero-order valence-electron chi connectivity index (χ0n) is 13.4. The molecule has 0 bridgehead atoms. The number of hydrogen-bond donors (Lipinski definition) is 0. The summed E-state index contributed by atoms with van der Waals surface area (Å²) in [6.45, 7) is 1.42. The van der Waals surface area contributed by atoms with Crippen LogP contribution in [0.2, 0.25) is 0 Å². The molecular weight excluding hydrogens is 382 g/mol. The number of amides is 1. The molecule has 0 aliphatic carbocycles. The van der Waals surface area contributed by atoms with Gasteiger partial charge in [-0.25, -0.2) is 0 Å². The van der Waals surface area contributed by atoms with Gasteiger partial charge in [-0.3, -0.25) is 9.78 Å². The van der Waals surface area contributed by atoms with Gasteiger partial charge in [0.25, 0.3) is 5.91 Å². The van der Waals surface area contributed by atoms with Gasteiger partial charge in [-0.15, -0.1) is 0 Å². The van der Waals surface area contributed by atoms with Gasteiger partial charge in [-0.2, -0.15) is 0 Å². The lowest BCUT2D eigenvalue weighted by Gasteiger charge is -2.16. The van der Waals surface area contributed by atoms with Crippen molar-refractivity contribution >= 4 is 21.8 Å². The number of carbonyl (C=O) groups excluding carboxylic acids is 1. The maximum Gasteiger partial charge on any atom is 0.259 e. The average Bonchev–Trinajstić information content (AvgIpc) is 3.32. The summed E-state index contributed by atoms with van der Waals surface area (Å²) in [4.78, 5) is 19.0. The van der Waals surface area contributed by atoms with E-state index in [1.165, 1.54) is 11.8 Å². The molecule has 3 heterocycles. The Balaban J connectivity index is 1.55.